The fourth-order valence-corrected chi connectivity index (χ4v) is 3.73. The average Bonchev–Trinajstić information content (AvgIpc) is 2.94. The molecule has 200 valence electrons. The number of carbonyl (C=O) groups excluding carboxylic acids is 1. The van der Waals surface area contributed by atoms with Crippen molar-refractivity contribution in [1.82, 2.24) is 10.5 Å². The van der Waals surface area contributed by atoms with Crippen LogP contribution in [0.5, 0.6) is 5.75 Å². The van der Waals surface area contributed by atoms with Crippen molar-refractivity contribution >= 4 is 11.7 Å². The van der Waals surface area contributed by atoms with Gasteiger partial charge in [0.25, 0.3) is 5.91 Å². The number of amidine groups is 1. The molecule has 0 atom stereocenters. The van der Waals surface area contributed by atoms with Crippen molar-refractivity contribution < 1.29 is 28.3 Å². The standard InChI is InChI=1S/C29H26F2N4O4/c30-22-11-21(12-23(31)13-22)14-34-28(32)24-15-33-26(29(37)35-39-18-20-9-5-2-6-10-20)27(25(24)16-36)38-17-19-7-3-1-4-8-19/h1-13,15,36H,14,16-18H2,(H2,32,34)(H,35,37). The quantitative estimate of drug-likeness (QED) is 0.151. The van der Waals surface area contributed by atoms with Crippen LogP contribution in [0.1, 0.15) is 38.3 Å². The Labute approximate surface area is 223 Å². The number of halogens is 2. The van der Waals surface area contributed by atoms with Crippen molar-refractivity contribution in [1.29, 1.82) is 0 Å². The van der Waals surface area contributed by atoms with E-state index in [2.05, 4.69) is 15.5 Å². The molecule has 0 bridgehead atoms. The van der Waals surface area contributed by atoms with Gasteiger partial charge in [-0.25, -0.2) is 19.2 Å². The topological polar surface area (TPSA) is 119 Å². The summed E-state index contributed by atoms with van der Waals surface area (Å²) in [6.45, 7) is -0.485. The number of hydrogen-bond acceptors (Lipinski definition) is 6. The molecular weight excluding hydrogens is 506 g/mol. The highest BCUT2D eigenvalue weighted by Crippen LogP contribution is 2.27. The highest BCUT2D eigenvalue weighted by atomic mass is 19.1. The third kappa shape index (κ3) is 7.44. The summed E-state index contributed by atoms with van der Waals surface area (Å²) in [7, 11) is 0. The van der Waals surface area contributed by atoms with Crippen LogP contribution in [0, 0.1) is 11.6 Å². The summed E-state index contributed by atoms with van der Waals surface area (Å²) in [6.07, 6.45) is 1.28. The SMILES string of the molecule is NC(=NCc1cc(F)cc(F)c1)c1cnc(C(=O)NOCc2ccccc2)c(OCc2ccccc2)c1CO. The maximum atomic E-state index is 13.5. The zero-order valence-electron chi connectivity index (χ0n) is 20.8. The maximum Gasteiger partial charge on any atom is 0.297 e. The molecule has 0 unspecified atom stereocenters. The Morgan fingerprint density at radius 3 is 2.15 bits per heavy atom. The molecule has 0 spiro atoms. The van der Waals surface area contributed by atoms with Gasteiger partial charge < -0.3 is 15.6 Å². The third-order valence-corrected chi connectivity index (χ3v) is 5.61. The van der Waals surface area contributed by atoms with Gasteiger partial charge in [0, 0.05) is 23.4 Å². The normalized spacial score (nSPS) is 11.3. The van der Waals surface area contributed by atoms with E-state index in [9.17, 15) is 18.7 Å². The number of aliphatic imine (C=N–C) groups is 1. The molecule has 4 aromatic rings. The highest BCUT2D eigenvalue weighted by Gasteiger charge is 2.23. The second kappa shape index (κ2) is 13.2. The molecule has 0 saturated heterocycles. The minimum Gasteiger partial charge on any atom is -0.486 e. The van der Waals surface area contributed by atoms with E-state index in [1.54, 1.807) is 0 Å². The maximum absolute atomic E-state index is 13.5. The predicted octanol–water partition coefficient (Wildman–Crippen LogP) is 4.20. The summed E-state index contributed by atoms with van der Waals surface area (Å²) in [5.74, 6) is -2.24. The zero-order valence-corrected chi connectivity index (χ0v) is 20.8. The minimum atomic E-state index is -0.738. The van der Waals surface area contributed by atoms with Gasteiger partial charge >= 0.3 is 0 Å². The summed E-state index contributed by atoms with van der Waals surface area (Å²) >= 11 is 0. The van der Waals surface area contributed by atoms with Crippen LogP contribution in [-0.4, -0.2) is 21.8 Å². The van der Waals surface area contributed by atoms with Gasteiger partial charge in [-0.1, -0.05) is 60.7 Å². The van der Waals surface area contributed by atoms with Crippen LogP contribution in [0.4, 0.5) is 8.78 Å². The molecular formula is C29H26F2N4O4. The van der Waals surface area contributed by atoms with E-state index in [4.69, 9.17) is 15.3 Å². The first-order chi connectivity index (χ1) is 18.9. The van der Waals surface area contributed by atoms with Crippen molar-refractivity contribution in [3.05, 3.63) is 130 Å². The van der Waals surface area contributed by atoms with Gasteiger partial charge in [-0.15, -0.1) is 0 Å². The van der Waals surface area contributed by atoms with Crippen molar-refractivity contribution in [2.75, 3.05) is 0 Å². The second-order valence-electron chi connectivity index (χ2n) is 8.45. The molecule has 39 heavy (non-hydrogen) atoms. The number of nitrogens with two attached hydrogens (primary N) is 1. The van der Waals surface area contributed by atoms with E-state index in [0.29, 0.717) is 0 Å². The van der Waals surface area contributed by atoms with Crippen molar-refractivity contribution in [2.45, 2.75) is 26.4 Å². The molecule has 0 saturated carbocycles. The van der Waals surface area contributed by atoms with Crippen LogP contribution in [0.3, 0.4) is 0 Å². The number of aliphatic hydroxyl groups excluding tert-OH is 1. The molecule has 1 aromatic heterocycles. The number of nitrogens with zero attached hydrogens (tertiary/aromatic N) is 2. The molecule has 0 aliphatic heterocycles. The monoisotopic (exact) mass is 532 g/mol. The van der Waals surface area contributed by atoms with Crippen molar-refractivity contribution in [3.8, 4) is 5.75 Å². The molecule has 0 radical (unpaired) electrons. The summed E-state index contributed by atoms with van der Waals surface area (Å²) in [5, 5.41) is 10.3. The summed E-state index contributed by atoms with van der Waals surface area (Å²) in [4.78, 5) is 26.8. The van der Waals surface area contributed by atoms with E-state index < -0.39 is 24.1 Å². The Morgan fingerprint density at radius 2 is 1.54 bits per heavy atom. The van der Waals surface area contributed by atoms with Crippen LogP contribution < -0.4 is 16.0 Å². The van der Waals surface area contributed by atoms with Crippen LogP contribution in [-0.2, 0) is 31.2 Å². The molecule has 0 aliphatic carbocycles. The molecule has 8 nitrogen and oxygen atoms in total. The lowest BCUT2D eigenvalue weighted by Gasteiger charge is -2.17. The van der Waals surface area contributed by atoms with E-state index >= 15 is 0 Å². The van der Waals surface area contributed by atoms with Gasteiger partial charge in [0.1, 0.15) is 24.1 Å². The Kier molecular flexibility index (Phi) is 9.28. The van der Waals surface area contributed by atoms with Crippen LogP contribution in [0.25, 0.3) is 0 Å². The number of hydrogen-bond donors (Lipinski definition) is 3. The smallest absolute Gasteiger partial charge is 0.297 e. The Morgan fingerprint density at radius 1 is 0.923 bits per heavy atom. The number of rotatable bonds is 11. The number of ether oxygens (including phenoxy) is 1. The number of pyridine rings is 1. The number of nitrogens with one attached hydrogen (secondary N) is 1. The molecule has 1 amide bonds. The molecule has 4 N–H and O–H groups in total. The molecule has 0 fully saturated rings. The molecule has 1 heterocycles. The van der Waals surface area contributed by atoms with Gasteiger partial charge in [0.2, 0.25) is 0 Å². The van der Waals surface area contributed by atoms with Crippen LogP contribution >= 0.6 is 0 Å². The van der Waals surface area contributed by atoms with Crippen LogP contribution in [0.15, 0.2) is 90.1 Å². The van der Waals surface area contributed by atoms with E-state index in [1.807, 2.05) is 60.7 Å². The van der Waals surface area contributed by atoms with Gasteiger partial charge in [-0.05, 0) is 28.8 Å². The van der Waals surface area contributed by atoms with E-state index in [-0.39, 0.29) is 53.7 Å². The lowest BCUT2D eigenvalue weighted by molar-refractivity contribution is 0.0226. The van der Waals surface area contributed by atoms with E-state index in [0.717, 1.165) is 29.3 Å². The number of aromatic nitrogens is 1. The molecule has 4 rings (SSSR count). The fourth-order valence-electron chi connectivity index (χ4n) is 3.73. The van der Waals surface area contributed by atoms with Gasteiger partial charge in [0.05, 0.1) is 19.8 Å². The average molecular weight is 533 g/mol. The second-order valence-corrected chi connectivity index (χ2v) is 8.45. The van der Waals surface area contributed by atoms with Crippen molar-refractivity contribution in [2.24, 2.45) is 10.7 Å². The van der Waals surface area contributed by atoms with Crippen molar-refractivity contribution in [3.63, 3.8) is 0 Å². The summed E-state index contributed by atoms with van der Waals surface area (Å²) in [5.41, 5.74) is 10.7. The molecule has 0 aliphatic rings. The number of aliphatic hydroxyl groups is 1. The van der Waals surface area contributed by atoms with Gasteiger partial charge in [-0.2, -0.15) is 0 Å². The molecule has 10 heteroatoms. The number of amides is 1. The molecule has 3 aromatic carbocycles. The van der Waals surface area contributed by atoms with Crippen LogP contribution in [0.2, 0.25) is 0 Å². The number of benzene rings is 3. The minimum absolute atomic E-state index is 0.00499. The number of carbonyl (C=O) groups is 1. The first kappa shape index (κ1) is 27.4. The first-order valence-electron chi connectivity index (χ1n) is 12.0. The lowest BCUT2D eigenvalue weighted by atomic mass is 10.1. The summed E-state index contributed by atoms with van der Waals surface area (Å²) < 4.78 is 33.1. The number of hydroxylamine groups is 1. The third-order valence-electron chi connectivity index (χ3n) is 5.61. The Hall–Kier alpha value is -4.67. The zero-order chi connectivity index (χ0) is 27.6. The fraction of sp³-hybridized carbons (Fsp3) is 0.138. The Bertz CT molecular complexity index is 1430. The predicted molar refractivity (Wildman–Crippen MR) is 140 cm³/mol. The van der Waals surface area contributed by atoms with Gasteiger partial charge in [0.15, 0.2) is 11.4 Å². The summed E-state index contributed by atoms with van der Waals surface area (Å²) in [6, 6.07) is 21.5. The Balaban J connectivity index is 1.61. The van der Waals surface area contributed by atoms with E-state index in [1.165, 1.54) is 6.20 Å². The first-order valence-corrected chi connectivity index (χ1v) is 12.0. The van der Waals surface area contributed by atoms with Gasteiger partial charge in [-0.3, -0.25) is 14.6 Å². The lowest BCUT2D eigenvalue weighted by Crippen LogP contribution is -2.27. The largest absolute Gasteiger partial charge is 0.486 e. The highest BCUT2D eigenvalue weighted by molar-refractivity contribution is 6.01.